The molecule has 3 amide bonds. The molecule has 1 heterocycles. The van der Waals surface area contributed by atoms with Crippen LogP contribution in [0.15, 0.2) is 59.8 Å². The van der Waals surface area contributed by atoms with Gasteiger partial charge in [0.05, 0.1) is 28.8 Å². The Bertz CT molecular complexity index is 1050. The first-order chi connectivity index (χ1) is 15.3. The number of methoxy groups -OCH3 is 1. The second-order valence-electron chi connectivity index (χ2n) is 7.13. The molecular formula is C23H24ClN3O5. The maximum Gasteiger partial charge on any atom is 0.338 e. The number of anilines is 1. The van der Waals surface area contributed by atoms with E-state index >= 15 is 0 Å². The zero-order chi connectivity index (χ0) is 23.3. The van der Waals surface area contributed by atoms with Crippen LogP contribution in [0.4, 0.5) is 10.5 Å². The summed E-state index contributed by atoms with van der Waals surface area (Å²) in [5.41, 5.74) is 2.40. The summed E-state index contributed by atoms with van der Waals surface area (Å²) in [5, 5.41) is 5.96. The molecule has 0 aromatic heterocycles. The molecule has 8 nitrogen and oxygen atoms in total. The standard InChI is InChI=1S/C23H24ClN3O5/c1-14-19(22(29)32-13-12-31-3)20(26-23(30)27(14)2)15-8-10-16(11-9-15)25-21(28)17-6-4-5-7-18(17)24/h4-11,20H,12-13H2,1-3H3,(H,25,28)(H,26,30). The van der Waals surface area contributed by atoms with Crippen molar-refractivity contribution in [3.63, 3.8) is 0 Å². The second-order valence-corrected chi connectivity index (χ2v) is 7.53. The summed E-state index contributed by atoms with van der Waals surface area (Å²) < 4.78 is 10.2. The maximum atomic E-state index is 12.7. The number of hydrogen-bond donors (Lipinski definition) is 2. The minimum atomic E-state index is -0.693. The van der Waals surface area contributed by atoms with Gasteiger partial charge in [-0.25, -0.2) is 9.59 Å². The number of nitrogens with one attached hydrogen (secondary N) is 2. The van der Waals surface area contributed by atoms with E-state index in [0.717, 1.165) is 0 Å². The predicted octanol–water partition coefficient (Wildman–Crippen LogP) is 3.75. The fourth-order valence-electron chi connectivity index (χ4n) is 3.25. The van der Waals surface area contributed by atoms with Crippen LogP contribution in [0.3, 0.4) is 0 Å². The number of ether oxygens (including phenoxy) is 2. The average molecular weight is 458 g/mol. The zero-order valence-corrected chi connectivity index (χ0v) is 18.7. The van der Waals surface area contributed by atoms with E-state index in [1.54, 1.807) is 62.5 Å². The smallest absolute Gasteiger partial charge is 0.338 e. The van der Waals surface area contributed by atoms with Gasteiger partial charge in [0.25, 0.3) is 5.91 Å². The van der Waals surface area contributed by atoms with E-state index in [1.807, 2.05) is 0 Å². The number of amides is 3. The molecule has 3 rings (SSSR count). The van der Waals surface area contributed by atoms with Gasteiger partial charge >= 0.3 is 12.0 Å². The Hall–Kier alpha value is -3.36. The lowest BCUT2D eigenvalue weighted by Gasteiger charge is -2.33. The summed E-state index contributed by atoms with van der Waals surface area (Å²) in [6, 6.07) is 12.6. The summed E-state index contributed by atoms with van der Waals surface area (Å²) in [7, 11) is 3.10. The van der Waals surface area contributed by atoms with E-state index in [1.165, 1.54) is 12.0 Å². The molecule has 168 valence electrons. The van der Waals surface area contributed by atoms with Crippen molar-refractivity contribution in [3.05, 3.63) is 76.0 Å². The third-order valence-electron chi connectivity index (χ3n) is 5.11. The third-order valence-corrected chi connectivity index (χ3v) is 5.44. The molecule has 0 spiro atoms. The van der Waals surface area contributed by atoms with Crippen LogP contribution in [0, 0.1) is 0 Å². The Morgan fingerprint density at radius 1 is 1.12 bits per heavy atom. The summed E-state index contributed by atoms with van der Waals surface area (Å²) in [6.07, 6.45) is 0. The Morgan fingerprint density at radius 3 is 2.47 bits per heavy atom. The Kier molecular flexibility index (Phi) is 7.50. The molecule has 0 radical (unpaired) electrons. The van der Waals surface area contributed by atoms with Crippen LogP contribution in [-0.2, 0) is 14.3 Å². The fourth-order valence-corrected chi connectivity index (χ4v) is 3.47. The highest BCUT2D eigenvalue weighted by atomic mass is 35.5. The van der Waals surface area contributed by atoms with Crippen molar-refractivity contribution in [2.24, 2.45) is 0 Å². The number of rotatable bonds is 7. The lowest BCUT2D eigenvalue weighted by molar-refractivity contribution is -0.140. The Balaban J connectivity index is 1.82. The molecule has 1 unspecified atom stereocenters. The van der Waals surface area contributed by atoms with Crippen LogP contribution in [-0.4, -0.2) is 50.2 Å². The minimum Gasteiger partial charge on any atom is -0.460 e. The van der Waals surface area contributed by atoms with E-state index in [4.69, 9.17) is 21.1 Å². The minimum absolute atomic E-state index is 0.101. The molecule has 0 bridgehead atoms. The van der Waals surface area contributed by atoms with Crippen molar-refractivity contribution in [1.82, 2.24) is 10.2 Å². The van der Waals surface area contributed by atoms with Gasteiger partial charge in [-0.2, -0.15) is 0 Å². The molecule has 1 aliphatic rings. The van der Waals surface area contributed by atoms with Gasteiger partial charge in [0.1, 0.15) is 6.61 Å². The number of benzene rings is 2. The topological polar surface area (TPSA) is 97.0 Å². The molecule has 2 aromatic carbocycles. The number of halogens is 1. The summed E-state index contributed by atoms with van der Waals surface area (Å²) in [4.78, 5) is 38.9. The van der Waals surface area contributed by atoms with Gasteiger partial charge in [0.15, 0.2) is 0 Å². The van der Waals surface area contributed by atoms with E-state index in [-0.39, 0.29) is 25.2 Å². The van der Waals surface area contributed by atoms with E-state index < -0.39 is 12.0 Å². The van der Waals surface area contributed by atoms with Gasteiger partial charge in [0.2, 0.25) is 0 Å². The first-order valence-corrected chi connectivity index (χ1v) is 10.3. The maximum absolute atomic E-state index is 12.7. The summed E-state index contributed by atoms with van der Waals surface area (Å²) >= 11 is 6.08. The number of hydrogen-bond acceptors (Lipinski definition) is 5. The Labute approximate surface area is 191 Å². The number of urea groups is 1. The normalized spacial score (nSPS) is 15.9. The molecule has 2 aromatic rings. The lowest BCUT2D eigenvalue weighted by Crippen LogP contribution is -2.46. The van der Waals surface area contributed by atoms with E-state index in [2.05, 4.69) is 10.6 Å². The molecule has 2 N–H and O–H groups in total. The summed E-state index contributed by atoms with van der Waals surface area (Å²) in [5.74, 6) is -0.874. The van der Waals surface area contributed by atoms with Gasteiger partial charge in [0, 0.05) is 25.5 Å². The monoisotopic (exact) mass is 457 g/mol. The third kappa shape index (κ3) is 5.09. The average Bonchev–Trinajstić information content (AvgIpc) is 2.78. The van der Waals surface area contributed by atoms with Crippen molar-refractivity contribution in [3.8, 4) is 0 Å². The molecule has 0 fully saturated rings. The number of carbonyl (C=O) groups excluding carboxylic acids is 3. The predicted molar refractivity (Wildman–Crippen MR) is 120 cm³/mol. The highest BCUT2D eigenvalue weighted by Crippen LogP contribution is 2.31. The van der Waals surface area contributed by atoms with Gasteiger partial charge in [-0.05, 0) is 36.8 Å². The molecular weight excluding hydrogens is 434 g/mol. The van der Waals surface area contributed by atoms with Crippen LogP contribution in [0.1, 0.15) is 28.9 Å². The van der Waals surface area contributed by atoms with Gasteiger partial charge in [-0.1, -0.05) is 35.9 Å². The number of allylic oxidation sites excluding steroid dienone is 1. The Morgan fingerprint density at radius 2 is 1.81 bits per heavy atom. The van der Waals surface area contributed by atoms with Gasteiger partial charge in [-0.3, -0.25) is 4.79 Å². The van der Waals surface area contributed by atoms with Crippen molar-refractivity contribution in [2.45, 2.75) is 13.0 Å². The van der Waals surface area contributed by atoms with E-state index in [0.29, 0.717) is 33.1 Å². The van der Waals surface area contributed by atoms with Crippen LogP contribution < -0.4 is 10.6 Å². The van der Waals surface area contributed by atoms with Gasteiger partial charge < -0.3 is 25.0 Å². The van der Waals surface area contributed by atoms with Crippen molar-refractivity contribution in [1.29, 1.82) is 0 Å². The summed E-state index contributed by atoms with van der Waals surface area (Å²) in [6.45, 7) is 2.06. The molecule has 0 saturated carbocycles. The number of carbonyl (C=O) groups is 3. The fraction of sp³-hybridized carbons (Fsp3) is 0.261. The molecule has 0 aliphatic carbocycles. The highest BCUT2D eigenvalue weighted by molar-refractivity contribution is 6.34. The first-order valence-electron chi connectivity index (χ1n) is 9.90. The van der Waals surface area contributed by atoms with Crippen LogP contribution >= 0.6 is 11.6 Å². The van der Waals surface area contributed by atoms with Gasteiger partial charge in [-0.15, -0.1) is 0 Å². The van der Waals surface area contributed by atoms with Crippen LogP contribution in [0.5, 0.6) is 0 Å². The molecule has 0 saturated heterocycles. The number of esters is 1. The van der Waals surface area contributed by atoms with E-state index in [9.17, 15) is 14.4 Å². The largest absolute Gasteiger partial charge is 0.460 e. The van der Waals surface area contributed by atoms with Crippen LogP contribution in [0.2, 0.25) is 5.02 Å². The quantitative estimate of drug-likeness (QED) is 0.487. The van der Waals surface area contributed by atoms with Crippen molar-refractivity contribution in [2.75, 3.05) is 32.7 Å². The SMILES string of the molecule is COCCOC(=O)C1=C(C)N(C)C(=O)NC1c1ccc(NC(=O)c2ccccc2Cl)cc1. The number of nitrogens with zero attached hydrogens (tertiary/aromatic N) is 1. The van der Waals surface area contributed by atoms with Crippen LogP contribution in [0.25, 0.3) is 0 Å². The first kappa shape index (κ1) is 23.3. The van der Waals surface area contributed by atoms with Crippen molar-refractivity contribution < 1.29 is 23.9 Å². The highest BCUT2D eigenvalue weighted by Gasteiger charge is 2.35. The second kappa shape index (κ2) is 10.3. The zero-order valence-electron chi connectivity index (χ0n) is 18.0. The molecule has 32 heavy (non-hydrogen) atoms. The molecule has 9 heteroatoms. The van der Waals surface area contributed by atoms with Crippen molar-refractivity contribution >= 4 is 35.2 Å². The lowest BCUT2D eigenvalue weighted by atomic mass is 9.95. The molecule has 1 aliphatic heterocycles. The molecule has 1 atom stereocenters.